The fourth-order valence-electron chi connectivity index (χ4n) is 3.34. The normalized spacial score (nSPS) is 26.3. The summed E-state index contributed by atoms with van der Waals surface area (Å²) >= 11 is 0. The number of nitrogens with two attached hydrogens (primary N) is 1. The maximum Gasteiger partial charge on any atom is 0.129 e. The van der Waals surface area contributed by atoms with E-state index in [1.165, 1.54) is 18.9 Å². The molecule has 1 aromatic carbocycles. The van der Waals surface area contributed by atoms with Gasteiger partial charge in [0, 0.05) is 12.1 Å². The lowest BCUT2D eigenvalue weighted by Crippen LogP contribution is -2.34. The zero-order chi connectivity index (χ0) is 15.4. The van der Waals surface area contributed by atoms with E-state index in [-0.39, 0.29) is 11.9 Å². The molecular weight excluding hydrogens is 265 g/mol. The molecule has 3 atom stereocenters. The molecule has 2 nitrogen and oxygen atoms in total. The number of hydrogen-bond donors (Lipinski definition) is 1. The van der Waals surface area contributed by atoms with Gasteiger partial charge in [-0.05, 0) is 42.2 Å². The lowest BCUT2D eigenvalue weighted by molar-refractivity contribution is -0.0480. The lowest BCUT2D eigenvalue weighted by atomic mass is 9.75. The van der Waals surface area contributed by atoms with Crippen LogP contribution >= 0.6 is 0 Å². The predicted molar refractivity (Wildman–Crippen MR) is 84.2 cm³/mol. The van der Waals surface area contributed by atoms with Crippen molar-refractivity contribution < 1.29 is 9.13 Å². The van der Waals surface area contributed by atoms with Gasteiger partial charge in [-0.1, -0.05) is 39.3 Å². The van der Waals surface area contributed by atoms with Crippen LogP contribution in [0.3, 0.4) is 0 Å². The highest BCUT2D eigenvalue weighted by Crippen LogP contribution is 2.35. The van der Waals surface area contributed by atoms with Gasteiger partial charge in [0.2, 0.25) is 0 Å². The molecule has 21 heavy (non-hydrogen) atoms. The van der Waals surface area contributed by atoms with Gasteiger partial charge in [0.25, 0.3) is 0 Å². The minimum absolute atomic E-state index is 0.206. The fourth-order valence-corrected chi connectivity index (χ4v) is 3.34. The van der Waals surface area contributed by atoms with E-state index in [1.54, 1.807) is 6.07 Å². The number of rotatable bonds is 5. The summed E-state index contributed by atoms with van der Waals surface area (Å²) in [5.74, 6) is 1.71. The van der Waals surface area contributed by atoms with Gasteiger partial charge in [0.1, 0.15) is 5.82 Å². The summed E-state index contributed by atoms with van der Waals surface area (Å²) in [4.78, 5) is 0. The van der Waals surface area contributed by atoms with E-state index in [4.69, 9.17) is 10.5 Å². The van der Waals surface area contributed by atoms with Crippen LogP contribution in [0, 0.1) is 23.6 Å². The molecule has 1 aliphatic carbocycles. The maximum atomic E-state index is 14.0. The monoisotopic (exact) mass is 293 g/mol. The van der Waals surface area contributed by atoms with Gasteiger partial charge in [0.15, 0.2) is 0 Å². The molecule has 0 spiro atoms. The molecule has 3 unspecified atom stereocenters. The number of benzene rings is 1. The van der Waals surface area contributed by atoms with E-state index in [0.717, 1.165) is 12.0 Å². The van der Waals surface area contributed by atoms with Crippen LogP contribution < -0.4 is 5.73 Å². The van der Waals surface area contributed by atoms with E-state index in [1.807, 2.05) is 6.07 Å². The second-order valence-corrected chi connectivity index (χ2v) is 6.81. The zero-order valence-corrected chi connectivity index (χ0v) is 13.4. The Morgan fingerprint density at radius 1 is 1.33 bits per heavy atom. The highest BCUT2D eigenvalue weighted by Gasteiger charge is 2.31. The topological polar surface area (TPSA) is 35.2 Å². The molecule has 2 rings (SSSR count). The lowest BCUT2D eigenvalue weighted by Gasteiger charge is -2.37. The molecule has 118 valence electrons. The van der Waals surface area contributed by atoms with Gasteiger partial charge < -0.3 is 10.5 Å². The van der Waals surface area contributed by atoms with Gasteiger partial charge in [0.05, 0.1) is 12.7 Å². The Morgan fingerprint density at radius 3 is 2.71 bits per heavy atom. The van der Waals surface area contributed by atoms with Crippen LogP contribution in [0.4, 0.5) is 4.39 Å². The second kappa shape index (κ2) is 7.37. The van der Waals surface area contributed by atoms with Crippen molar-refractivity contribution in [2.45, 2.75) is 59.3 Å². The van der Waals surface area contributed by atoms with E-state index in [0.29, 0.717) is 36.5 Å². The smallest absolute Gasteiger partial charge is 0.129 e. The standard InChI is InChI=1S/C18H28FNO/c1-12(2)16-7-4-13(3)8-18(16)21-11-15-6-5-14(10-20)9-17(15)19/h5-6,9,12-13,16,18H,4,7-8,10-11,20H2,1-3H3. The Labute approximate surface area is 127 Å². The van der Waals surface area contributed by atoms with E-state index in [9.17, 15) is 4.39 Å². The third kappa shape index (κ3) is 4.27. The number of ether oxygens (including phenoxy) is 1. The molecule has 0 radical (unpaired) electrons. The van der Waals surface area contributed by atoms with Crippen LogP contribution in [0.25, 0.3) is 0 Å². The molecular formula is C18H28FNO. The third-order valence-corrected chi connectivity index (χ3v) is 4.77. The van der Waals surface area contributed by atoms with Gasteiger partial charge >= 0.3 is 0 Å². The van der Waals surface area contributed by atoms with Crippen molar-refractivity contribution >= 4 is 0 Å². The van der Waals surface area contributed by atoms with Crippen molar-refractivity contribution in [3.8, 4) is 0 Å². The van der Waals surface area contributed by atoms with Crippen molar-refractivity contribution in [2.24, 2.45) is 23.5 Å². The maximum absolute atomic E-state index is 14.0. The Morgan fingerprint density at radius 2 is 2.10 bits per heavy atom. The summed E-state index contributed by atoms with van der Waals surface area (Å²) in [6, 6.07) is 5.20. The summed E-state index contributed by atoms with van der Waals surface area (Å²) in [5, 5.41) is 0. The minimum Gasteiger partial charge on any atom is -0.373 e. The van der Waals surface area contributed by atoms with E-state index >= 15 is 0 Å². The first-order chi connectivity index (χ1) is 10.0. The van der Waals surface area contributed by atoms with Gasteiger partial charge in [-0.3, -0.25) is 0 Å². The van der Waals surface area contributed by atoms with Crippen molar-refractivity contribution in [1.82, 2.24) is 0 Å². The first-order valence-electron chi connectivity index (χ1n) is 8.10. The quantitative estimate of drug-likeness (QED) is 0.880. The summed E-state index contributed by atoms with van der Waals surface area (Å²) in [6.07, 6.45) is 3.84. The summed E-state index contributed by atoms with van der Waals surface area (Å²) in [6.45, 7) is 7.52. The summed E-state index contributed by atoms with van der Waals surface area (Å²) < 4.78 is 20.1. The SMILES string of the molecule is CC1CCC(C(C)C)C(OCc2ccc(CN)cc2F)C1. The fraction of sp³-hybridized carbons (Fsp3) is 0.667. The first kappa shape index (κ1) is 16.4. The van der Waals surface area contributed by atoms with Crippen molar-refractivity contribution in [3.05, 3.63) is 35.1 Å². The first-order valence-corrected chi connectivity index (χ1v) is 8.10. The molecule has 0 saturated heterocycles. The van der Waals surface area contributed by atoms with Crippen molar-refractivity contribution in [1.29, 1.82) is 0 Å². The number of hydrogen-bond acceptors (Lipinski definition) is 2. The molecule has 0 aromatic heterocycles. The largest absolute Gasteiger partial charge is 0.373 e. The molecule has 0 bridgehead atoms. The van der Waals surface area contributed by atoms with Crippen LogP contribution in [0.1, 0.15) is 51.2 Å². The average molecular weight is 293 g/mol. The number of halogens is 1. The molecule has 3 heteroatoms. The summed E-state index contributed by atoms with van der Waals surface area (Å²) in [5.41, 5.74) is 6.98. The molecule has 1 aromatic rings. The predicted octanol–water partition coefficient (Wildman–Crippen LogP) is 4.26. The molecule has 1 aliphatic rings. The Hall–Kier alpha value is -0.930. The highest BCUT2D eigenvalue weighted by molar-refractivity contribution is 5.23. The van der Waals surface area contributed by atoms with Gasteiger partial charge in [-0.2, -0.15) is 0 Å². The molecule has 0 heterocycles. The zero-order valence-electron chi connectivity index (χ0n) is 13.4. The minimum atomic E-state index is -0.206. The van der Waals surface area contributed by atoms with Crippen LogP contribution in [0.2, 0.25) is 0 Å². The Bertz CT molecular complexity index is 461. The van der Waals surface area contributed by atoms with Crippen LogP contribution in [0.15, 0.2) is 18.2 Å². The molecule has 1 saturated carbocycles. The van der Waals surface area contributed by atoms with E-state index < -0.39 is 0 Å². The molecule has 1 fully saturated rings. The van der Waals surface area contributed by atoms with Crippen LogP contribution in [-0.4, -0.2) is 6.10 Å². The molecule has 0 aliphatic heterocycles. The molecule has 0 amide bonds. The van der Waals surface area contributed by atoms with E-state index in [2.05, 4.69) is 20.8 Å². The molecule has 2 N–H and O–H groups in total. The Balaban J connectivity index is 2.00. The third-order valence-electron chi connectivity index (χ3n) is 4.77. The van der Waals surface area contributed by atoms with Crippen LogP contribution in [0.5, 0.6) is 0 Å². The average Bonchev–Trinajstić information content (AvgIpc) is 2.45. The van der Waals surface area contributed by atoms with Crippen LogP contribution in [-0.2, 0) is 17.9 Å². The second-order valence-electron chi connectivity index (χ2n) is 6.81. The summed E-state index contributed by atoms with van der Waals surface area (Å²) in [7, 11) is 0. The van der Waals surface area contributed by atoms with Gasteiger partial charge in [-0.15, -0.1) is 0 Å². The van der Waals surface area contributed by atoms with Crippen molar-refractivity contribution in [2.75, 3.05) is 0 Å². The van der Waals surface area contributed by atoms with Crippen molar-refractivity contribution in [3.63, 3.8) is 0 Å². The Kier molecular flexibility index (Phi) is 5.77. The highest BCUT2D eigenvalue weighted by atomic mass is 19.1. The van der Waals surface area contributed by atoms with Gasteiger partial charge in [-0.25, -0.2) is 4.39 Å².